The van der Waals surface area contributed by atoms with E-state index in [1.165, 1.54) is 110 Å². The van der Waals surface area contributed by atoms with Gasteiger partial charge in [-0.3, -0.25) is 0 Å². The monoisotopic (exact) mass is 1570 g/mol. The summed E-state index contributed by atoms with van der Waals surface area (Å²) in [5.74, 6) is 3.84. The lowest BCUT2D eigenvalue weighted by Crippen LogP contribution is -2.26. The van der Waals surface area contributed by atoms with Crippen LogP contribution in [0, 0.1) is 0 Å². The van der Waals surface area contributed by atoms with Crippen molar-refractivity contribution < 1.29 is 0 Å². The molecule has 0 atom stereocenters. The van der Waals surface area contributed by atoms with Gasteiger partial charge in [-0.2, -0.15) is 0 Å². The first-order chi connectivity index (χ1) is 60.9. The van der Waals surface area contributed by atoms with Crippen molar-refractivity contribution in [3.8, 4) is 158 Å². The SMILES string of the molecule is c1ccc(-c2cccc(-c3nc(-c4ccc(-c5ccc(-c6ccc7c(c6)c6ccccc6n7-c6ccccc6)cc5)cc4)nc(-c4cccc(-c5ccccc5)c4)n3)c2)cc1.c1ccc(-c2nc(-c3ccccc3)nc(-c3ccc4c(c3)C3(c5ccccc5-c5ccccc53)c3cc(-c5ccc6c(c5)c5ccccc5n6-c5ccccc5)ccc3-4)n2)cc1. The molecule has 123 heavy (non-hydrogen) atoms. The van der Waals surface area contributed by atoms with Gasteiger partial charge in [-0.25, -0.2) is 29.9 Å². The molecule has 4 heterocycles. The first kappa shape index (κ1) is 71.9. The second-order valence-corrected chi connectivity index (χ2v) is 31.6. The van der Waals surface area contributed by atoms with Crippen molar-refractivity contribution in [1.82, 2.24) is 39.0 Å². The van der Waals surface area contributed by atoms with Crippen LogP contribution in [0.25, 0.3) is 201 Å². The zero-order chi connectivity index (χ0) is 81.3. The zero-order valence-corrected chi connectivity index (χ0v) is 66.8. The van der Waals surface area contributed by atoms with Crippen LogP contribution in [-0.4, -0.2) is 39.0 Å². The van der Waals surface area contributed by atoms with Crippen molar-refractivity contribution in [3.05, 3.63) is 471 Å². The maximum Gasteiger partial charge on any atom is 0.164 e. The Bertz CT molecular complexity index is 7620. The number of para-hydroxylation sites is 4. The van der Waals surface area contributed by atoms with E-state index in [-0.39, 0.29) is 0 Å². The molecule has 0 saturated heterocycles. The van der Waals surface area contributed by atoms with Gasteiger partial charge < -0.3 is 9.13 Å². The van der Waals surface area contributed by atoms with E-state index in [4.69, 9.17) is 29.9 Å². The van der Waals surface area contributed by atoms with Crippen molar-refractivity contribution in [1.29, 1.82) is 0 Å². The van der Waals surface area contributed by atoms with E-state index in [2.05, 4.69) is 410 Å². The molecule has 0 bridgehead atoms. The average molecular weight is 1570 g/mol. The highest BCUT2D eigenvalue weighted by molar-refractivity contribution is 6.12. The fraction of sp³-hybridized carbons (Fsp3) is 0.00870. The van der Waals surface area contributed by atoms with Crippen molar-refractivity contribution >= 4 is 43.6 Å². The number of fused-ring (bicyclic) bond motifs is 16. The van der Waals surface area contributed by atoms with E-state index >= 15 is 0 Å². The lowest BCUT2D eigenvalue weighted by atomic mass is 9.70. The predicted molar refractivity (Wildman–Crippen MR) is 504 cm³/mol. The van der Waals surface area contributed by atoms with E-state index in [1.807, 2.05) is 48.5 Å². The largest absolute Gasteiger partial charge is 0.309 e. The molecule has 0 unspecified atom stereocenters. The van der Waals surface area contributed by atoms with E-state index < -0.39 is 5.41 Å². The molecule has 8 nitrogen and oxygen atoms in total. The first-order valence-electron chi connectivity index (χ1n) is 41.8. The Morgan fingerprint density at radius 3 is 0.821 bits per heavy atom. The number of benzene rings is 18. The van der Waals surface area contributed by atoms with Gasteiger partial charge >= 0.3 is 0 Å². The summed E-state index contributed by atoms with van der Waals surface area (Å²) in [5, 5.41) is 4.98. The van der Waals surface area contributed by atoms with E-state index in [0.29, 0.717) is 34.9 Å². The summed E-state index contributed by atoms with van der Waals surface area (Å²) in [6.07, 6.45) is 0. The van der Waals surface area contributed by atoms with Crippen LogP contribution in [0.1, 0.15) is 22.3 Å². The van der Waals surface area contributed by atoms with Gasteiger partial charge in [-0.15, -0.1) is 0 Å². The number of hydrogen-bond donors (Lipinski definition) is 0. The lowest BCUT2D eigenvalue weighted by molar-refractivity contribution is 0.794. The number of nitrogens with zero attached hydrogens (tertiary/aromatic N) is 8. The Balaban J connectivity index is 0.000000142. The zero-order valence-electron chi connectivity index (χ0n) is 66.8. The third-order valence-electron chi connectivity index (χ3n) is 24.5. The van der Waals surface area contributed by atoms with Crippen LogP contribution in [0.3, 0.4) is 0 Å². The highest BCUT2D eigenvalue weighted by atomic mass is 15.0. The van der Waals surface area contributed by atoms with E-state index in [1.54, 1.807) is 0 Å². The maximum absolute atomic E-state index is 5.17. The molecule has 18 aromatic carbocycles. The molecule has 1 spiro atoms. The third kappa shape index (κ3) is 12.6. The van der Waals surface area contributed by atoms with Crippen LogP contribution >= 0.6 is 0 Å². The van der Waals surface area contributed by atoms with Gasteiger partial charge in [-0.1, -0.05) is 364 Å². The molecule has 22 aromatic rings. The fourth-order valence-electron chi connectivity index (χ4n) is 18.8. The molecular formula is C115H74N8. The van der Waals surface area contributed by atoms with Crippen LogP contribution in [0.4, 0.5) is 0 Å². The van der Waals surface area contributed by atoms with Crippen LogP contribution in [0.2, 0.25) is 0 Å². The Morgan fingerprint density at radius 1 is 0.146 bits per heavy atom. The Morgan fingerprint density at radius 2 is 0.390 bits per heavy atom. The van der Waals surface area contributed by atoms with Crippen molar-refractivity contribution in [2.45, 2.75) is 5.41 Å². The van der Waals surface area contributed by atoms with Crippen molar-refractivity contribution in [3.63, 3.8) is 0 Å². The highest BCUT2D eigenvalue weighted by Crippen LogP contribution is 2.64. The van der Waals surface area contributed by atoms with Gasteiger partial charge in [0.1, 0.15) is 0 Å². The lowest BCUT2D eigenvalue weighted by Gasteiger charge is -2.31. The molecule has 8 heteroatoms. The van der Waals surface area contributed by atoms with E-state index in [0.717, 1.165) is 78.1 Å². The molecule has 2 aliphatic rings. The van der Waals surface area contributed by atoms with Crippen LogP contribution in [-0.2, 0) is 5.41 Å². The molecule has 0 aliphatic heterocycles. The molecule has 0 N–H and O–H groups in total. The van der Waals surface area contributed by atoms with Gasteiger partial charge in [0.25, 0.3) is 0 Å². The van der Waals surface area contributed by atoms with Gasteiger partial charge in [-0.05, 0) is 185 Å². The van der Waals surface area contributed by atoms with E-state index in [9.17, 15) is 0 Å². The summed E-state index contributed by atoms with van der Waals surface area (Å²) < 4.78 is 4.73. The fourth-order valence-corrected chi connectivity index (χ4v) is 18.8. The summed E-state index contributed by atoms with van der Waals surface area (Å²) >= 11 is 0. The first-order valence-corrected chi connectivity index (χ1v) is 41.8. The second-order valence-electron chi connectivity index (χ2n) is 31.6. The van der Waals surface area contributed by atoms with Crippen LogP contribution < -0.4 is 0 Å². The second kappa shape index (κ2) is 30.2. The quantitative estimate of drug-likeness (QED) is 0.114. The minimum Gasteiger partial charge on any atom is -0.309 e. The number of rotatable bonds is 13. The summed E-state index contributed by atoms with van der Waals surface area (Å²) in [6.45, 7) is 0. The molecule has 0 saturated carbocycles. The predicted octanol–water partition coefficient (Wildman–Crippen LogP) is 28.6. The molecular weight excluding hydrogens is 1490 g/mol. The third-order valence-corrected chi connectivity index (χ3v) is 24.5. The number of hydrogen-bond acceptors (Lipinski definition) is 6. The molecule has 0 amide bonds. The minimum absolute atomic E-state index is 0.561. The summed E-state index contributed by atoms with van der Waals surface area (Å²) in [5.41, 5.74) is 33.9. The van der Waals surface area contributed by atoms with Gasteiger partial charge in [0.15, 0.2) is 34.9 Å². The minimum atomic E-state index is -0.561. The van der Waals surface area contributed by atoms with Crippen LogP contribution in [0.15, 0.2) is 449 Å². The molecule has 24 rings (SSSR count). The Labute approximate surface area is 712 Å². The summed E-state index contributed by atoms with van der Waals surface area (Å²) in [6, 6.07) is 160. The normalized spacial score (nSPS) is 12.1. The van der Waals surface area contributed by atoms with Crippen molar-refractivity contribution in [2.24, 2.45) is 0 Å². The summed E-state index contributed by atoms with van der Waals surface area (Å²) in [4.78, 5) is 30.6. The highest BCUT2D eigenvalue weighted by Gasteiger charge is 2.52. The van der Waals surface area contributed by atoms with Gasteiger partial charge in [0.2, 0.25) is 0 Å². The smallest absolute Gasteiger partial charge is 0.164 e. The number of aromatic nitrogens is 8. The average Bonchev–Trinajstić information content (AvgIpc) is 1.50. The topological polar surface area (TPSA) is 87.2 Å². The molecule has 0 radical (unpaired) electrons. The Hall–Kier alpha value is -16.4. The van der Waals surface area contributed by atoms with Gasteiger partial charge in [0, 0.05) is 66.3 Å². The maximum atomic E-state index is 5.17. The van der Waals surface area contributed by atoms with Crippen molar-refractivity contribution in [2.75, 3.05) is 0 Å². The van der Waals surface area contributed by atoms with Gasteiger partial charge in [0.05, 0.1) is 27.5 Å². The molecule has 574 valence electrons. The Kier molecular flexibility index (Phi) is 17.6. The molecule has 0 fully saturated rings. The molecule has 2 aliphatic carbocycles. The standard InChI is InChI=1S/C58H36N4.C57H38N4/c1-4-16-37(17-5-1)55-59-56(38-18-6-2-7-19-38)61-57(60-55)41-29-32-46-45-31-28-40(35-51(45)58(52(46)36-41)49-25-13-10-22-43(49)44-23-11-14-26-50(44)58)39-30-33-54-48(34-39)47-24-12-15-27-53(47)62(54)42-20-8-3-9-21-42;1-4-14-39(15-5-1)45-18-12-20-48(36-45)56-58-55(59-57(60-56)49-21-13-19-46(37-49)40-16-6-2-7-17-40)44-32-30-42(31-33-44)41-26-28-43(29-27-41)47-34-35-54-52(38-47)51-24-10-11-25-53(51)61(54)50-22-8-3-9-23-50/h1-36H;1-38H. The summed E-state index contributed by atoms with van der Waals surface area (Å²) in [7, 11) is 0. The van der Waals surface area contributed by atoms with Crippen LogP contribution in [0.5, 0.6) is 0 Å². The molecule has 4 aromatic heterocycles.